The third-order valence-corrected chi connectivity index (χ3v) is 5.65. The van der Waals surface area contributed by atoms with E-state index in [1.54, 1.807) is 18.2 Å². The molecule has 1 heterocycles. The molecular formula is C25H23ClN4OS. The number of rotatable bonds is 3. The number of halogens is 1. The van der Waals surface area contributed by atoms with E-state index in [-0.39, 0.29) is 16.4 Å². The fourth-order valence-electron chi connectivity index (χ4n) is 3.31. The predicted octanol–water partition coefficient (Wildman–Crippen LogP) is 6.31. The lowest BCUT2D eigenvalue weighted by Crippen LogP contribution is -2.34. The molecule has 4 rings (SSSR count). The monoisotopic (exact) mass is 462 g/mol. The van der Waals surface area contributed by atoms with Crippen LogP contribution < -0.4 is 10.6 Å². The number of carbonyl (C=O) groups is 1. The number of amides is 1. The van der Waals surface area contributed by atoms with Gasteiger partial charge in [-0.15, -0.1) is 0 Å². The van der Waals surface area contributed by atoms with Gasteiger partial charge in [0.2, 0.25) is 0 Å². The Hall–Kier alpha value is -3.22. The zero-order valence-corrected chi connectivity index (χ0v) is 19.6. The Morgan fingerprint density at radius 2 is 1.75 bits per heavy atom. The van der Waals surface area contributed by atoms with E-state index in [4.69, 9.17) is 23.8 Å². The third kappa shape index (κ3) is 4.82. The van der Waals surface area contributed by atoms with Crippen molar-refractivity contribution in [2.45, 2.75) is 26.2 Å². The van der Waals surface area contributed by atoms with E-state index in [0.29, 0.717) is 16.3 Å². The molecule has 0 unspecified atom stereocenters. The van der Waals surface area contributed by atoms with Crippen molar-refractivity contribution in [3.63, 3.8) is 0 Å². The average molecular weight is 463 g/mol. The maximum atomic E-state index is 12.6. The van der Waals surface area contributed by atoms with Gasteiger partial charge in [-0.25, -0.2) is 4.98 Å². The summed E-state index contributed by atoms with van der Waals surface area (Å²) < 4.78 is 0. The summed E-state index contributed by atoms with van der Waals surface area (Å²) in [4.78, 5) is 20.5. The number of nitrogens with zero attached hydrogens (tertiary/aromatic N) is 1. The number of nitrogens with one attached hydrogen (secondary N) is 3. The average Bonchev–Trinajstić information content (AvgIpc) is 3.19. The molecular weight excluding hydrogens is 440 g/mol. The van der Waals surface area contributed by atoms with Crippen LogP contribution >= 0.6 is 23.8 Å². The van der Waals surface area contributed by atoms with Crippen molar-refractivity contribution in [1.82, 2.24) is 15.3 Å². The van der Waals surface area contributed by atoms with Crippen LogP contribution in [0.3, 0.4) is 0 Å². The van der Waals surface area contributed by atoms with Gasteiger partial charge in [0.1, 0.15) is 5.82 Å². The van der Waals surface area contributed by atoms with Crippen molar-refractivity contribution in [3.8, 4) is 11.4 Å². The molecule has 0 radical (unpaired) electrons. The van der Waals surface area contributed by atoms with Crippen molar-refractivity contribution >= 4 is 51.6 Å². The van der Waals surface area contributed by atoms with Crippen LogP contribution in [-0.4, -0.2) is 21.0 Å². The van der Waals surface area contributed by atoms with Gasteiger partial charge in [0.05, 0.1) is 21.7 Å². The number of imidazole rings is 1. The van der Waals surface area contributed by atoms with Crippen LogP contribution in [0.5, 0.6) is 0 Å². The van der Waals surface area contributed by atoms with Gasteiger partial charge >= 0.3 is 0 Å². The lowest BCUT2D eigenvalue weighted by Gasteiger charge is -2.19. The number of aromatic amines is 1. The normalized spacial score (nSPS) is 11.4. The number of benzene rings is 3. The number of carbonyl (C=O) groups excluding carboxylic acids is 1. The molecule has 1 amide bonds. The third-order valence-electron chi connectivity index (χ3n) is 5.12. The molecule has 0 aliphatic heterocycles. The number of H-pyrrole nitrogens is 1. The molecule has 3 N–H and O–H groups in total. The summed E-state index contributed by atoms with van der Waals surface area (Å²) >= 11 is 11.7. The van der Waals surface area contributed by atoms with Crippen LogP contribution in [0.4, 0.5) is 5.69 Å². The van der Waals surface area contributed by atoms with Gasteiger partial charge in [-0.05, 0) is 65.7 Å². The highest BCUT2D eigenvalue weighted by atomic mass is 35.5. The highest BCUT2D eigenvalue weighted by Gasteiger charge is 2.15. The topological polar surface area (TPSA) is 69.8 Å². The quantitative estimate of drug-likeness (QED) is 0.312. The van der Waals surface area contributed by atoms with Crippen LogP contribution in [0.25, 0.3) is 22.4 Å². The second-order valence-electron chi connectivity index (χ2n) is 8.53. The molecule has 0 spiro atoms. The Balaban J connectivity index is 1.48. The lowest BCUT2D eigenvalue weighted by atomic mass is 9.87. The highest BCUT2D eigenvalue weighted by Crippen LogP contribution is 2.29. The van der Waals surface area contributed by atoms with Crippen molar-refractivity contribution in [1.29, 1.82) is 0 Å². The first-order chi connectivity index (χ1) is 15.2. The number of hydrogen-bond donors (Lipinski definition) is 3. The Labute approximate surface area is 197 Å². The number of anilines is 1. The van der Waals surface area contributed by atoms with E-state index < -0.39 is 0 Å². The van der Waals surface area contributed by atoms with Gasteiger partial charge in [-0.2, -0.15) is 0 Å². The minimum absolute atomic E-state index is 0.0213. The van der Waals surface area contributed by atoms with Gasteiger partial charge in [-0.3, -0.25) is 10.1 Å². The number of fused-ring (bicyclic) bond motifs is 1. The summed E-state index contributed by atoms with van der Waals surface area (Å²) in [5.41, 5.74) is 4.97. The zero-order valence-electron chi connectivity index (χ0n) is 18.0. The number of thiocarbonyl (C=S) groups is 1. The van der Waals surface area contributed by atoms with Crippen LogP contribution in [-0.2, 0) is 5.41 Å². The van der Waals surface area contributed by atoms with Gasteiger partial charge in [-0.1, -0.05) is 56.6 Å². The zero-order chi connectivity index (χ0) is 22.9. The van der Waals surface area contributed by atoms with E-state index in [2.05, 4.69) is 41.4 Å². The first-order valence-corrected chi connectivity index (χ1v) is 11.0. The lowest BCUT2D eigenvalue weighted by molar-refractivity contribution is 0.0977. The standard InChI is InChI=1S/C25H23ClN4OS/c1-25(2,3)17-11-8-15(9-12-17)23(31)30-24(32)29-21-14-16(10-13-18(21)26)22-27-19-6-4-5-7-20(19)28-22/h4-14H,1-3H3,(H,27,28)(H2,29,30,31,32). The van der Waals surface area contributed by atoms with Crippen LogP contribution in [0, 0.1) is 0 Å². The molecule has 7 heteroatoms. The summed E-state index contributed by atoms with van der Waals surface area (Å²) in [5, 5.41) is 6.37. The van der Waals surface area contributed by atoms with Gasteiger partial charge in [0.15, 0.2) is 5.11 Å². The molecule has 0 fully saturated rings. The van der Waals surface area contributed by atoms with E-state index in [1.807, 2.05) is 48.5 Å². The molecule has 162 valence electrons. The second-order valence-corrected chi connectivity index (χ2v) is 9.35. The molecule has 0 aliphatic rings. The van der Waals surface area contributed by atoms with E-state index in [9.17, 15) is 4.79 Å². The first kappa shape index (κ1) is 22.0. The van der Waals surface area contributed by atoms with Crippen molar-refractivity contribution in [3.05, 3.63) is 82.9 Å². The highest BCUT2D eigenvalue weighted by molar-refractivity contribution is 7.80. The summed E-state index contributed by atoms with van der Waals surface area (Å²) in [5.74, 6) is 0.437. The Bertz CT molecular complexity index is 1270. The second kappa shape index (κ2) is 8.73. The molecule has 5 nitrogen and oxygen atoms in total. The SMILES string of the molecule is CC(C)(C)c1ccc(C(=O)NC(=S)Nc2cc(-c3nc4ccccc4[nH]3)ccc2Cl)cc1. The fraction of sp³-hybridized carbons (Fsp3) is 0.160. The molecule has 1 aromatic heterocycles. The van der Waals surface area contributed by atoms with E-state index in [1.165, 1.54) is 0 Å². The summed E-state index contributed by atoms with van der Waals surface area (Å²) in [7, 11) is 0. The number of para-hydroxylation sites is 2. The van der Waals surface area contributed by atoms with Gasteiger partial charge in [0, 0.05) is 11.1 Å². The summed E-state index contributed by atoms with van der Waals surface area (Å²) in [6.45, 7) is 6.39. The number of hydrogen-bond acceptors (Lipinski definition) is 3. The van der Waals surface area contributed by atoms with Crippen LogP contribution in [0.1, 0.15) is 36.7 Å². The van der Waals surface area contributed by atoms with E-state index >= 15 is 0 Å². The van der Waals surface area contributed by atoms with Gasteiger partial charge < -0.3 is 10.3 Å². The maximum absolute atomic E-state index is 12.6. The molecule has 0 aliphatic carbocycles. The maximum Gasteiger partial charge on any atom is 0.257 e. The Kier molecular flexibility index (Phi) is 6.00. The van der Waals surface area contributed by atoms with E-state index in [0.717, 1.165) is 28.0 Å². The Morgan fingerprint density at radius 1 is 1.03 bits per heavy atom. The minimum atomic E-state index is -0.285. The largest absolute Gasteiger partial charge is 0.338 e. The fourth-order valence-corrected chi connectivity index (χ4v) is 3.68. The molecule has 4 aromatic rings. The number of aromatic nitrogens is 2. The molecule has 3 aromatic carbocycles. The van der Waals surface area contributed by atoms with Crippen molar-refractivity contribution in [2.24, 2.45) is 0 Å². The van der Waals surface area contributed by atoms with Crippen LogP contribution in [0.15, 0.2) is 66.7 Å². The Morgan fingerprint density at radius 3 is 2.44 bits per heavy atom. The van der Waals surface area contributed by atoms with Crippen LogP contribution in [0.2, 0.25) is 5.02 Å². The molecule has 0 saturated carbocycles. The molecule has 0 saturated heterocycles. The minimum Gasteiger partial charge on any atom is -0.338 e. The smallest absolute Gasteiger partial charge is 0.257 e. The summed E-state index contributed by atoms with van der Waals surface area (Å²) in [6.07, 6.45) is 0. The molecule has 0 bridgehead atoms. The molecule has 0 atom stereocenters. The van der Waals surface area contributed by atoms with Crippen molar-refractivity contribution < 1.29 is 4.79 Å². The van der Waals surface area contributed by atoms with Gasteiger partial charge in [0.25, 0.3) is 5.91 Å². The summed E-state index contributed by atoms with van der Waals surface area (Å²) in [6, 6.07) is 20.8. The van der Waals surface area contributed by atoms with Crippen molar-refractivity contribution in [2.75, 3.05) is 5.32 Å². The first-order valence-electron chi connectivity index (χ1n) is 10.2. The predicted molar refractivity (Wildman–Crippen MR) is 135 cm³/mol. The molecule has 32 heavy (non-hydrogen) atoms.